The van der Waals surface area contributed by atoms with Gasteiger partial charge in [-0.15, -0.1) is 0 Å². The van der Waals surface area contributed by atoms with Gasteiger partial charge >= 0.3 is 6.03 Å². The zero-order valence-electron chi connectivity index (χ0n) is 14.5. The van der Waals surface area contributed by atoms with E-state index in [1.54, 1.807) is 12.1 Å². The summed E-state index contributed by atoms with van der Waals surface area (Å²) in [5, 5.41) is 5.51. The van der Waals surface area contributed by atoms with Gasteiger partial charge in [0.05, 0.1) is 12.8 Å². The number of urea groups is 1. The quantitative estimate of drug-likeness (QED) is 0.567. The molecule has 11 nitrogen and oxygen atoms in total. The Bertz CT molecular complexity index is 1170. The smallest absolute Gasteiger partial charge is 0.335 e. The maximum atomic E-state index is 12.7. The number of amides is 2. The standard InChI is InChI=1S/C14H13Cl2N7O4S/c1-3-7-4-5-9-18-11(16)12(23(9)21-7)28(25,26)22-14(24)20-13-17-8(15)6-10(19-13)27-2/h4-6H,3H2,1-2H3,(H2,17,19,20,22,24). The summed E-state index contributed by atoms with van der Waals surface area (Å²) >= 11 is 11.8. The summed E-state index contributed by atoms with van der Waals surface area (Å²) in [7, 11) is -3.08. The van der Waals surface area contributed by atoms with Crippen LogP contribution in [-0.2, 0) is 16.4 Å². The SMILES string of the molecule is CCc1ccc2nc(Cl)c(S(=O)(=O)NC(=O)Nc3nc(Cl)cc(OC)n3)n2n1. The molecule has 0 bridgehead atoms. The molecule has 0 aliphatic heterocycles. The van der Waals surface area contributed by atoms with Gasteiger partial charge in [0.25, 0.3) is 10.0 Å². The van der Waals surface area contributed by atoms with Crippen LogP contribution in [0.3, 0.4) is 0 Å². The van der Waals surface area contributed by atoms with Crippen LogP contribution in [0.15, 0.2) is 23.2 Å². The maximum absolute atomic E-state index is 12.7. The molecule has 3 rings (SSSR count). The largest absolute Gasteiger partial charge is 0.481 e. The van der Waals surface area contributed by atoms with Gasteiger partial charge in [0, 0.05) is 6.07 Å². The summed E-state index contributed by atoms with van der Waals surface area (Å²) in [6.45, 7) is 1.85. The van der Waals surface area contributed by atoms with Crippen LogP contribution in [0.1, 0.15) is 12.6 Å². The van der Waals surface area contributed by atoms with E-state index < -0.39 is 21.1 Å². The average molecular weight is 446 g/mol. The number of aryl methyl sites for hydroxylation is 1. The number of hydrogen-bond donors (Lipinski definition) is 2. The number of rotatable bonds is 5. The lowest BCUT2D eigenvalue weighted by Gasteiger charge is -2.09. The second kappa shape index (κ2) is 7.73. The number of hydrogen-bond acceptors (Lipinski definition) is 8. The minimum absolute atomic E-state index is 0.00821. The van der Waals surface area contributed by atoms with E-state index in [9.17, 15) is 13.2 Å². The lowest BCUT2D eigenvalue weighted by molar-refractivity contribution is 0.256. The van der Waals surface area contributed by atoms with Gasteiger partial charge in [0.15, 0.2) is 10.8 Å². The van der Waals surface area contributed by atoms with Crippen LogP contribution >= 0.6 is 23.2 Å². The molecule has 3 aromatic rings. The topological polar surface area (TPSA) is 140 Å². The third-order valence-corrected chi connectivity index (χ3v) is 5.30. The van der Waals surface area contributed by atoms with Crippen molar-refractivity contribution in [3.05, 3.63) is 34.2 Å². The van der Waals surface area contributed by atoms with E-state index in [0.717, 1.165) is 4.52 Å². The van der Waals surface area contributed by atoms with Gasteiger partial charge < -0.3 is 4.74 Å². The van der Waals surface area contributed by atoms with Crippen molar-refractivity contribution in [3.63, 3.8) is 0 Å². The minimum atomic E-state index is -4.42. The highest BCUT2D eigenvalue weighted by Gasteiger charge is 2.28. The molecule has 0 spiro atoms. The van der Waals surface area contributed by atoms with E-state index in [1.165, 1.54) is 13.2 Å². The molecule has 0 unspecified atom stereocenters. The van der Waals surface area contributed by atoms with Crippen LogP contribution in [0.4, 0.5) is 10.7 Å². The fraction of sp³-hybridized carbons (Fsp3) is 0.214. The second-order valence-corrected chi connectivity index (χ2v) is 7.62. The van der Waals surface area contributed by atoms with E-state index in [2.05, 4.69) is 25.4 Å². The molecule has 28 heavy (non-hydrogen) atoms. The molecular weight excluding hydrogens is 433 g/mol. The van der Waals surface area contributed by atoms with Gasteiger partial charge in [-0.05, 0) is 18.6 Å². The normalized spacial score (nSPS) is 11.4. The Morgan fingerprint density at radius 2 is 2.00 bits per heavy atom. The number of carbonyl (C=O) groups excluding carboxylic acids is 1. The van der Waals surface area contributed by atoms with Crippen molar-refractivity contribution in [1.29, 1.82) is 0 Å². The van der Waals surface area contributed by atoms with Gasteiger partial charge in [-0.2, -0.15) is 23.0 Å². The van der Waals surface area contributed by atoms with Crippen LogP contribution < -0.4 is 14.8 Å². The number of nitrogens with zero attached hydrogens (tertiary/aromatic N) is 5. The molecule has 0 saturated carbocycles. The van der Waals surface area contributed by atoms with Crippen molar-refractivity contribution in [3.8, 4) is 5.88 Å². The predicted molar refractivity (Wildman–Crippen MR) is 100 cm³/mol. The highest BCUT2D eigenvalue weighted by atomic mass is 35.5. The van der Waals surface area contributed by atoms with E-state index in [0.29, 0.717) is 12.1 Å². The molecule has 0 aromatic carbocycles. The highest BCUT2D eigenvalue weighted by Crippen LogP contribution is 2.22. The first-order valence-electron chi connectivity index (χ1n) is 7.70. The molecule has 0 radical (unpaired) electrons. The molecule has 0 aliphatic rings. The van der Waals surface area contributed by atoms with Crippen LogP contribution in [0, 0.1) is 0 Å². The van der Waals surface area contributed by atoms with Crippen molar-refractivity contribution in [1.82, 2.24) is 29.3 Å². The highest BCUT2D eigenvalue weighted by molar-refractivity contribution is 7.90. The Morgan fingerprint density at radius 1 is 1.25 bits per heavy atom. The van der Waals surface area contributed by atoms with Gasteiger partial charge in [-0.1, -0.05) is 30.1 Å². The fourth-order valence-corrected chi connectivity index (χ4v) is 3.86. The van der Waals surface area contributed by atoms with Crippen LogP contribution in [0.2, 0.25) is 10.3 Å². The third kappa shape index (κ3) is 4.08. The average Bonchev–Trinajstić information content (AvgIpc) is 2.95. The first-order chi connectivity index (χ1) is 13.2. The summed E-state index contributed by atoms with van der Waals surface area (Å²) in [6.07, 6.45) is 0.563. The number of imidazole rings is 1. The number of fused-ring (bicyclic) bond motifs is 1. The van der Waals surface area contributed by atoms with Crippen molar-refractivity contribution < 1.29 is 17.9 Å². The molecular formula is C14H13Cl2N7O4S. The number of ether oxygens (including phenoxy) is 1. The van der Waals surface area contributed by atoms with Crippen LogP contribution in [-0.4, -0.2) is 46.1 Å². The lowest BCUT2D eigenvalue weighted by atomic mass is 10.3. The molecule has 14 heteroatoms. The molecule has 2 N–H and O–H groups in total. The number of aromatic nitrogens is 5. The minimum Gasteiger partial charge on any atom is -0.481 e. The first kappa shape index (κ1) is 20.0. The maximum Gasteiger partial charge on any atom is 0.335 e. The number of sulfonamides is 1. The Hall–Kier alpha value is -2.70. The third-order valence-electron chi connectivity index (χ3n) is 3.40. The summed E-state index contributed by atoms with van der Waals surface area (Å²) in [5.41, 5.74) is 0.827. The van der Waals surface area contributed by atoms with E-state index in [1.807, 2.05) is 11.6 Å². The van der Waals surface area contributed by atoms with Gasteiger partial charge in [-0.3, -0.25) is 5.32 Å². The summed E-state index contributed by atoms with van der Waals surface area (Å²) < 4.78 is 33.1. The van der Waals surface area contributed by atoms with Crippen molar-refractivity contribution in [2.45, 2.75) is 18.4 Å². The number of anilines is 1. The zero-order valence-corrected chi connectivity index (χ0v) is 16.8. The second-order valence-electron chi connectivity index (χ2n) is 5.27. The predicted octanol–water partition coefficient (Wildman–Crippen LogP) is 1.91. The van der Waals surface area contributed by atoms with Crippen LogP contribution in [0.5, 0.6) is 5.88 Å². The molecule has 3 aromatic heterocycles. The molecule has 148 valence electrons. The van der Waals surface area contributed by atoms with Gasteiger partial charge in [0.2, 0.25) is 16.9 Å². The van der Waals surface area contributed by atoms with E-state index in [-0.39, 0.29) is 27.8 Å². The van der Waals surface area contributed by atoms with Crippen LogP contribution in [0.25, 0.3) is 5.65 Å². The lowest BCUT2D eigenvalue weighted by Crippen LogP contribution is -2.35. The Labute approximate surface area is 169 Å². The number of halogens is 2. The van der Waals surface area contributed by atoms with Crippen molar-refractivity contribution >= 4 is 50.9 Å². The number of nitrogens with one attached hydrogen (secondary N) is 2. The Kier molecular flexibility index (Phi) is 5.54. The summed E-state index contributed by atoms with van der Waals surface area (Å²) in [5.74, 6) is -0.174. The molecule has 0 atom stereocenters. The van der Waals surface area contributed by atoms with Gasteiger partial charge in [-0.25, -0.2) is 19.5 Å². The number of methoxy groups -OCH3 is 1. The monoisotopic (exact) mass is 445 g/mol. The van der Waals surface area contributed by atoms with Gasteiger partial charge in [0.1, 0.15) is 5.15 Å². The molecule has 3 heterocycles. The van der Waals surface area contributed by atoms with Crippen molar-refractivity contribution in [2.24, 2.45) is 0 Å². The Balaban J connectivity index is 1.90. The number of carbonyl (C=O) groups is 1. The fourth-order valence-electron chi connectivity index (χ4n) is 2.19. The molecule has 0 aliphatic carbocycles. The molecule has 2 amide bonds. The molecule has 0 fully saturated rings. The van der Waals surface area contributed by atoms with E-state index in [4.69, 9.17) is 27.9 Å². The summed E-state index contributed by atoms with van der Waals surface area (Å²) in [4.78, 5) is 23.7. The first-order valence-corrected chi connectivity index (χ1v) is 9.94. The zero-order chi connectivity index (χ0) is 20.5. The Morgan fingerprint density at radius 3 is 2.68 bits per heavy atom. The van der Waals surface area contributed by atoms with E-state index >= 15 is 0 Å². The van der Waals surface area contributed by atoms with Crippen molar-refractivity contribution in [2.75, 3.05) is 12.4 Å². The molecule has 0 saturated heterocycles. The summed E-state index contributed by atoms with van der Waals surface area (Å²) in [6, 6.07) is 3.44.